The van der Waals surface area contributed by atoms with Crippen molar-refractivity contribution in [2.75, 3.05) is 29.9 Å². The lowest BCUT2D eigenvalue weighted by Gasteiger charge is -2.31. The summed E-state index contributed by atoms with van der Waals surface area (Å²) in [5.41, 5.74) is 1.27. The molecule has 0 radical (unpaired) electrons. The van der Waals surface area contributed by atoms with Crippen LogP contribution in [0.2, 0.25) is 23.7 Å². The number of aliphatic hydroxyl groups is 1. The molecule has 3 aliphatic heterocycles. The van der Waals surface area contributed by atoms with Gasteiger partial charge in [0.05, 0.1) is 37.4 Å². The molecule has 12 heteroatoms. The van der Waals surface area contributed by atoms with Crippen molar-refractivity contribution in [1.82, 2.24) is 10.2 Å². The minimum Gasteiger partial charge on any atom is -0.395 e. The Morgan fingerprint density at radius 2 is 1.88 bits per heavy atom. The lowest BCUT2D eigenvalue weighted by molar-refractivity contribution is -0.150. The van der Waals surface area contributed by atoms with Gasteiger partial charge in [-0.05, 0) is 73.9 Å². The van der Waals surface area contributed by atoms with Gasteiger partial charge < -0.3 is 34.4 Å². The van der Waals surface area contributed by atoms with Crippen LogP contribution in [-0.4, -0.2) is 68.0 Å². The number of hydrogen-bond acceptors (Lipinski definition) is 6. The number of hydrogen-bond donors (Lipinski definition) is 3. The highest BCUT2D eigenvalue weighted by Gasteiger charge is 2.67. The van der Waals surface area contributed by atoms with Crippen molar-refractivity contribution in [3.8, 4) is 0 Å². The molecule has 3 aromatic carbocycles. The Labute approximate surface area is 292 Å². The first-order valence-electron chi connectivity index (χ1n) is 17.0. The van der Waals surface area contributed by atoms with Crippen LogP contribution < -0.4 is 15.5 Å². The third-order valence-corrected chi connectivity index (χ3v) is 12.8. The predicted octanol–water partition coefficient (Wildman–Crippen LogP) is 5.76. The van der Waals surface area contributed by atoms with Crippen molar-refractivity contribution in [1.29, 1.82) is 0 Å². The van der Waals surface area contributed by atoms with Gasteiger partial charge in [0.25, 0.3) is 5.91 Å². The third-order valence-electron chi connectivity index (χ3n) is 10.1. The molecule has 260 valence electrons. The number of carbonyl (C=O) groups is 3. The maximum Gasteiger partial charge on any atom is 0.264 e. The quantitative estimate of drug-likeness (QED) is 0.173. The van der Waals surface area contributed by atoms with Crippen LogP contribution in [0.25, 0.3) is 0 Å². The molecule has 3 aromatic rings. The SMILES string of the molecule is C[C@@H]1[C@@H]([Si](C)(C)F)[C@H](CC(=O)N(CCO)Cc2ccccc2)O[C@@]12C(=O)N(Cc1cccc(NC(=O)[C@H]3CCCN3)c1)c1ccc(Cl)cc12. The van der Waals surface area contributed by atoms with E-state index in [4.69, 9.17) is 16.3 Å². The molecule has 3 heterocycles. The molecule has 9 nitrogen and oxygen atoms in total. The number of anilines is 2. The molecular formula is C37H44ClFN4O5Si. The van der Waals surface area contributed by atoms with E-state index >= 15 is 4.11 Å². The Hall–Kier alpha value is -3.61. The van der Waals surface area contributed by atoms with Gasteiger partial charge in [-0.3, -0.25) is 14.4 Å². The highest BCUT2D eigenvalue weighted by Crippen LogP contribution is 2.60. The normalized spacial score (nSPS) is 24.8. The zero-order valence-electron chi connectivity index (χ0n) is 28.1. The zero-order valence-corrected chi connectivity index (χ0v) is 29.9. The second-order valence-electron chi connectivity index (χ2n) is 13.9. The standard InChI is InChI=1S/C37H44ClFN4O5Si/c1-24-34(49(2,3)39)32(21-33(45)42(17-18-44)22-25-9-5-4-6-10-25)48-37(24)29-20-27(38)14-15-31(29)43(36(37)47)23-26-11-7-12-28(19-26)41-35(46)30-13-8-16-40-30/h4-7,9-12,14-15,19-20,24,30,32,34,40,44H,8,13,16-18,21-23H2,1-3H3,(H,41,46)/t24-,30-,32+,34-,37+/m1/s1. The minimum absolute atomic E-state index is 0.0926. The van der Waals surface area contributed by atoms with Crippen LogP contribution in [0.1, 0.15) is 42.9 Å². The monoisotopic (exact) mass is 706 g/mol. The Morgan fingerprint density at radius 3 is 2.57 bits per heavy atom. The zero-order chi connectivity index (χ0) is 34.9. The van der Waals surface area contributed by atoms with Crippen LogP contribution in [0.5, 0.6) is 0 Å². The highest BCUT2D eigenvalue weighted by atomic mass is 35.5. The van der Waals surface area contributed by atoms with Gasteiger partial charge in [-0.2, -0.15) is 0 Å². The van der Waals surface area contributed by atoms with E-state index in [1.807, 2.05) is 61.5 Å². The topological polar surface area (TPSA) is 111 Å². The molecule has 2 saturated heterocycles. The van der Waals surface area contributed by atoms with Crippen molar-refractivity contribution in [2.45, 2.75) is 75.7 Å². The van der Waals surface area contributed by atoms with Crippen LogP contribution >= 0.6 is 11.6 Å². The summed E-state index contributed by atoms with van der Waals surface area (Å²) < 4.78 is 23.1. The third kappa shape index (κ3) is 7.05. The summed E-state index contributed by atoms with van der Waals surface area (Å²) in [7, 11) is -3.53. The van der Waals surface area contributed by atoms with Crippen molar-refractivity contribution in [3.63, 3.8) is 0 Å². The van der Waals surface area contributed by atoms with E-state index in [0.29, 0.717) is 22.0 Å². The van der Waals surface area contributed by atoms with Crippen molar-refractivity contribution in [2.24, 2.45) is 5.92 Å². The molecule has 3 amide bonds. The summed E-state index contributed by atoms with van der Waals surface area (Å²) in [6, 6.07) is 21.9. The van der Waals surface area contributed by atoms with Crippen LogP contribution in [0.15, 0.2) is 72.8 Å². The lowest BCUT2D eigenvalue weighted by atomic mass is 9.82. The van der Waals surface area contributed by atoms with E-state index in [-0.39, 0.29) is 56.4 Å². The van der Waals surface area contributed by atoms with Gasteiger partial charge in [-0.1, -0.05) is 61.0 Å². The first-order chi connectivity index (χ1) is 23.4. The number of aliphatic hydroxyl groups excluding tert-OH is 1. The number of benzene rings is 3. The summed E-state index contributed by atoms with van der Waals surface area (Å²) in [5.74, 6) is -1.31. The number of rotatable bonds is 11. The molecule has 1 spiro atoms. The highest BCUT2D eigenvalue weighted by molar-refractivity contribution is 6.72. The molecule has 0 aliphatic carbocycles. The fourth-order valence-electron chi connectivity index (χ4n) is 7.96. The van der Waals surface area contributed by atoms with E-state index < -0.39 is 31.6 Å². The number of nitrogens with zero attached hydrogens (tertiary/aromatic N) is 2. The van der Waals surface area contributed by atoms with Crippen LogP contribution in [0, 0.1) is 5.92 Å². The summed E-state index contributed by atoms with van der Waals surface area (Å²) in [5, 5.41) is 16.4. The maximum absolute atomic E-state index is 16.4. The number of fused-ring (bicyclic) bond motifs is 2. The molecular weight excluding hydrogens is 663 g/mol. The molecule has 5 atom stereocenters. The summed E-state index contributed by atoms with van der Waals surface area (Å²) in [6.07, 6.45) is 0.731. The Balaban J connectivity index is 1.29. The van der Waals surface area contributed by atoms with Crippen LogP contribution in [0.3, 0.4) is 0 Å². The minimum atomic E-state index is -3.53. The predicted molar refractivity (Wildman–Crippen MR) is 190 cm³/mol. The molecule has 3 aliphatic rings. The second kappa shape index (κ2) is 14.3. The Bertz CT molecular complexity index is 1700. The van der Waals surface area contributed by atoms with Crippen molar-refractivity contribution < 1.29 is 28.3 Å². The molecule has 6 rings (SSSR count). The van der Waals surface area contributed by atoms with E-state index in [9.17, 15) is 19.5 Å². The van der Waals surface area contributed by atoms with Gasteiger partial charge in [-0.25, -0.2) is 0 Å². The number of ether oxygens (including phenoxy) is 1. The Kier molecular flexibility index (Phi) is 10.3. The fourth-order valence-corrected chi connectivity index (χ4v) is 10.6. The largest absolute Gasteiger partial charge is 0.395 e. The average Bonchev–Trinajstić information content (AvgIpc) is 3.76. The first kappa shape index (κ1) is 35.2. The second-order valence-corrected chi connectivity index (χ2v) is 18.1. The number of carbonyl (C=O) groups excluding carboxylic acids is 3. The lowest BCUT2D eigenvalue weighted by Crippen LogP contribution is -2.45. The first-order valence-corrected chi connectivity index (χ1v) is 20.3. The van der Waals surface area contributed by atoms with E-state index in [1.54, 1.807) is 41.1 Å². The number of halogens is 2. The van der Waals surface area contributed by atoms with E-state index in [0.717, 1.165) is 30.5 Å². The number of amides is 3. The van der Waals surface area contributed by atoms with Gasteiger partial charge in [-0.15, -0.1) is 0 Å². The van der Waals surface area contributed by atoms with Gasteiger partial charge in [0, 0.05) is 40.8 Å². The van der Waals surface area contributed by atoms with Crippen LogP contribution in [-0.2, 0) is 37.8 Å². The number of nitrogens with one attached hydrogen (secondary N) is 2. The molecule has 2 fully saturated rings. The fraction of sp³-hybridized carbons (Fsp3) is 0.432. The van der Waals surface area contributed by atoms with Gasteiger partial charge >= 0.3 is 0 Å². The van der Waals surface area contributed by atoms with Crippen LogP contribution in [0.4, 0.5) is 15.5 Å². The smallest absolute Gasteiger partial charge is 0.264 e. The van der Waals surface area contributed by atoms with E-state index in [1.165, 1.54) is 0 Å². The molecule has 0 unspecified atom stereocenters. The average molecular weight is 707 g/mol. The summed E-state index contributed by atoms with van der Waals surface area (Å²) >= 11 is 6.53. The summed E-state index contributed by atoms with van der Waals surface area (Å²) in [4.78, 5) is 44.6. The molecule has 3 N–H and O–H groups in total. The molecule has 0 aromatic heterocycles. The van der Waals surface area contributed by atoms with Gasteiger partial charge in [0.2, 0.25) is 20.2 Å². The molecule has 0 bridgehead atoms. The van der Waals surface area contributed by atoms with Crippen molar-refractivity contribution >= 4 is 49.1 Å². The van der Waals surface area contributed by atoms with E-state index in [2.05, 4.69) is 10.6 Å². The summed E-state index contributed by atoms with van der Waals surface area (Å²) in [6.45, 7) is 6.22. The van der Waals surface area contributed by atoms with Gasteiger partial charge in [0.1, 0.15) is 0 Å². The Morgan fingerprint density at radius 1 is 1.12 bits per heavy atom. The molecule has 49 heavy (non-hydrogen) atoms. The van der Waals surface area contributed by atoms with Crippen molar-refractivity contribution in [3.05, 3.63) is 94.5 Å². The molecule has 0 saturated carbocycles. The maximum atomic E-state index is 16.4. The van der Waals surface area contributed by atoms with Gasteiger partial charge in [0.15, 0.2) is 5.60 Å².